The number of nitro benzene ring substituents is 1. The molecule has 0 bridgehead atoms. The molecule has 1 heterocycles. The molecule has 2 N–H and O–H groups in total. The van der Waals surface area contributed by atoms with E-state index in [1.54, 1.807) is 0 Å². The molecule has 0 saturated heterocycles. The number of nitrogens with zero attached hydrogens (tertiary/aromatic N) is 5. The summed E-state index contributed by atoms with van der Waals surface area (Å²) >= 11 is 11.8. The van der Waals surface area contributed by atoms with Crippen molar-refractivity contribution < 1.29 is 4.92 Å². The second-order valence-corrected chi connectivity index (χ2v) is 4.35. The third kappa shape index (κ3) is 3.07. The molecule has 0 aliphatic heterocycles. The molecule has 0 saturated carbocycles. The minimum atomic E-state index is -0.641. The Morgan fingerprint density at radius 1 is 1.52 bits per heavy atom. The van der Waals surface area contributed by atoms with E-state index in [0.717, 1.165) is 0 Å². The number of hydrogen-bond donors (Lipinski definition) is 2. The van der Waals surface area contributed by atoms with E-state index in [1.807, 2.05) is 6.07 Å². The molecule has 0 radical (unpaired) electrons. The molecule has 0 aliphatic rings. The Bertz CT molecular complexity index is 752. The van der Waals surface area contributed by atoms with E-state index in [1.165, 1.54) is 18.3 Å². The van der Waals surface area contributed by atoms with Crippen LogP contribution in [0, 0.1) is 21.4 Å². The lowest BCUT2D eigenvalue weighted by Gasteiger charge is -2.07. The van der Waals surface area contributed by atoms with Crippen LogP contribution in [-0.4, -0.2) is 25.5 Å². The first-order valence-electron chi connectivity index (χ1n) is 5.27. The van der Waals surface area contributed by atoms with Gasteiger partial charge in [-0.1, -0.05) is 23.2 Å². The predicted molar refractivity (Wildman–Crippen MR) is 74.5 cm³/mol. The number of benzene rings is 1. The zero-order chi connectivity index (χ0) is 15.4. The molecular formula is C10H5Cl2N7O2. The lowest BCUT2D eigenvalue weighted by molar-refractivity contribution is -0.384. The summed E-state index contributed by atoms with van der Waals surface area (Å²) in [5.41, 5.74) is -0.166. The first kappa shape index (κ1) is 14.7. The van der Waals surface area contributed by atoms with Crippen LogP contribution in [0.25, 0.3) is 5.57 Å². The highest BCUT2D eigenvalue weighted by atomic mass is 35.5. The van der Waals surface area contributed by atoms with Crippen molar-refractivity contribution in [1.82, 2.24) is 20.6 Å². The topological polar surface area (TPSA) is 133 Å². The van der Waals surface area contributed by atoms with E-state index in [2.05, 4.69) is 25.9 Å². The standard InChI is InChI=1S/C10H5Cl2N7O2/c11-6-1-2-7(19(20)21)8(12)9(6)14-4-5(3-13)10-15-17-18-16-10/h1-2,4,14H,(H,15,16,17,18). The van der Waals surface area contributed by atoms with E-state index in [-0.39, 0.29) is 32.8 Å². The van der Waals surface area contributed by atoms with Gasteiger partial charge >= 0.3 is 0 Å². The number of hydrogen-bond acceptors (Lipinski definition) is 7. The third-order valence-corrected chi connectivity index (χ3v) is 3.03. The molecule has 21 heavy (non-hydrogen) atoms. The Morgan fingerprint density at radius 2 is 2.29 bits per heavy atom. The van der Waals surface area contributed by atoms with Crippen LogP contribution >= 0.6 is 23.2 Å². The van der Waals surface area contributed by atoms with Crippen LogP contribution in [0.2, 0.25) is 10.0 Å². The maximum absolute atomic E-state index is 10.8. The van der Waals surface area contributed by atoms with E-state index in [0.29, 0.717) is 0 Å². The van der Waals surface area contributed by atoms with Gasteiger partial charge in [-0.15, -0.1) is 10.2 Å². The molecule has 1 aromatic heterocycles. The summed E-state index contributed by atoms with van der Waals surface area (Å²) in [7, 11) is 0. The number of H-pyrrole nitrogens is 1. The van der Waals surface area contributed by atoms with Gasteiger partial charge in [0.1, 0.15) is 16.7 Å². The monoisotopic (exact) mass is 325 g/mol. The van der Waals surface area contributed by atoms with Gasteiger partial charge in [-0.2, -0.15) is 10.5 Å². The molecule has 0 unspecified atom stereocenters. The van der Waals surface area contributed by atoms with Crippen LogP contribution in [-0.2, 0) is 0 Å². The molecular weight excluding hydrogens is 321 g/mol. The number of rotatable bonds is 4. The van der Waals surface area contributed by atoms with Crippen molar-refractivity contribution in [3.63, 3.8) is 0 Å². The highest BCUT2D eigenvalue weighted by Crippen LogP contribution is 2.37. The zero-order valence-electron chi connectivity index (χ0n) is 10.0. The summed E-state index contributed by atoms with van der Waals surface area (Å²) in [6.45, 7) is 0. The van der Waals surface area contributed by atoms with Crippen LogP contribution < -0.4 is 5.32 Å². The van der Waals surface area contributed by atoms with Crippen molar-refractivity contribution in [1.29, 1.82) is 5.26 Å². The molecule has 9 nitrogen and oxygen atoms in total. The number of anilines is 1. The number of nitrogens with one attached hydrogen (secondary N) is 2. The summed E-state index contributed by atoms with van der Waals surface area (Å²) in [4.78, 5) is 10.2. The van der Waals surface area contributed by atoms with Crippen LogP contribution in [0.3, 0.4) is 0 Å². The molecule has 0 atom stereocenters. The summed E-state index contributed by atoms with van der Waals surface area (Å²) in [6.07, 6.45) is 1.22. The third-order valence-electron chi connectivity index (χ3n) is 2.33. The van der Waals surface area contributed by atoms with Gasteiger partial charge in [0.15, 0.2) is 0 Å². The molecule has 106 valence electrons. The first-order chi connectivity index (χ1) is 10.0. The molecule has 1 aromatic carbocycles. The summed E-state index contributed by atoms with van der Waals surface area (Å²) in [6, 6.07) is 4.35. The zero-order valence-corrected chi connectivity index (χ0v) is 11.6. The molecule has 2 rings (SSSR count). The van der Waals surface area contributed by atoms with Gasteiger partial charge in [0.2, 0.25) is 5.82 Å². The van der Waals surface area contributed by atoms with Crippen molar-refractivity contribution in [2.75, 3.05) is 5.32 Å². The fourth-order valence-corrected chi connectivity index (χ4v) is 1.93. The second-order valence-electron chi connectivity index (χ2n) is 3.56. The minimum absolute atomic E-state index is 0.0439. The van der Waals surface area contributed by atoms with Crippen LogP contribution in [0.5, 0.6) is 0 Å². The molecule has 0 aliphatic carbocycles. The van der Waals surface area contributed by atoms with Crippen molar-refractivity contribution in [2.45, 2.75) is 0 Å². The maximum Gasteiger partial charge on any atom is 0.290 e. The molecule has 0 spiro atoms. The number of allylic oxidation sites excluding steroid dienone is 1. The number of halogens is 2. The Labute approximate surface area is 127 Å². The average Bonchev–Trinajstić information content (AvgIpc) is 2.96. The van der Waals surface area contributed by atoms with E-state index in [9.17, 15) is 10.1 Å². The number of aromatic nitrogens is 4. The van der Waals surface area contributed by atoms with E-state index in [4.69, 9.17) is 28.5 Å². The molecule has 11 heteroatoms. The van der Waals surface area contributed by atoms with E-state index >= 15 is 0 Å². The largest absolute Gasteiger partial charge is 0.358 e. The molecule has 2 aromatic rings. The highest BCUT2D eigenvalue weighted by Gasteiger charge is 2.18. The van der Waals surface area contributed by atoms with Gasteiger partial charge in [0, 0.05) is 12.3 Å². The number of aromatic amines is 1. The summed E-state index contributed by atoms with van der Waals surface area (Å²) < 4.78 is 0. The van der Waals surface area contributed by atoms with Gasteiger partial charge in [-0.3, -0.25) is 10.1 Å². The normalized spacial score (nSPS) is 11.0. The van der Waals surface area contributed by atoms with Crippen LogP contribution in [0.1, 0.15) is 5.82 Å². The first-order valence-corrected chi connectivity index (χ1v) is 6.03. The smallest absolute Gasteiger partial charge is 0.290 e. The molecule has 0 fully saturated rings. The lowest BCUT2D eigenvalue weighted by atomic mass is 10.2. The maximum atomic E-state index is 10.8. The quantitative estimate of drug-likeness (QED) is 0.500. The van der Waals surface area contributed by atoms with Crippen molar-refractivity contribution in [2.24, 2.45) is 0 Å². The average molecular weight is 326 g/mol. The fraction of sp³-hybridized carbons (Fsp3) is 0. The van der Waals surface area contributed by atoms with Crippen molar-refractivity contribution >= 4 is 40.1 Å². The second kappa shape index (κ2) is 6.17. The summed E-state index contributed by atoms with van der Waals surface area (Å²) in [5, 5.41) is 35.2. The Balaban J connectivity index is 2.38. The predicted octanol–water partition coefficient (Wildman–Crippen LogP) is 2.39. The van der Waals surface area contributed by atoms with Gasteiger partial charge in [-0.25, -0.2) is 0 Å². The number of tetrazole rings is 1. The fourth-order valence-electron chi connectivity index (χ4n) is 1.38. The highest BCUT2D eigenvalue weighted by molar-refractivity contribution is 6.40. The number of nitro groups is 1. The van der Waals surface area contributed by atoms with Gasteiger partial charge < -0.3 is 5.32 Å². The Hall–Kier alpha value is -2.70. The van der Waals surface area contributed by atoms with Crippen molar-refractivity contribution in [3.8, 4) is 6.07 Å². The molecule has 0 amide bonds. The number of nitriles is 1. The van der Waals surface area contributed by atoms with Crippen molar-refractivity contribution in [3.05, 3.63) is 44.3 Å². The van der Waals surface area contributed by atoms with E-state index < -0.39 is 4.92 Å². The summed E-state index contributed by atoms with van der Waals surface area (Å²) in [5.74, 6) is 0.0580. The Morgan fingerprint density at radius 3 is 2.86 bits per heavy atom. The Kier molecular flexibility index (Phi) is 4.32. The van der Waals surface area contributed by atoms with Crippen LogP contribution in [0.4, 0.5) is 11.4 Å². The SMILES string of the molecule is N#CC(=CNc1c(Cl)ccc([N+](=O)[O-])c1Cl)c1nn[nH]n1. The van der Waals surface area contributed by atoms with Gasteiger partial charge in [0.25, 0.3) is 5.69 Å². The van der Waals surface area contributed by atoms with Crippen LogP contribution in [0.15, 0.2) is 18.3 Å². The lowest BCUT2D eigenvalue weighted by Crippen LogP contribution is -1.97. The van der Waals surface area contributed by atoms with Gasteiger partial charge in [-0.05, 0) is 11.3 Å². The minimum Gasteiger partial charge on any atom is -0.358 e. The van der Waals surface area contributed by atoms with Gasteiger partial charge in [0.05, 0.1) is 15.6 Å².